The average Bonchev–Trinajstić information content (AvgIpc) is 3.23. The minimum Gasteiger partial charge on any atom is -0.481 e. The van der Waals surface area contributed by atoms with Gasteiger partial charge in [-0.2, -0.15) is 0 Å². The summed E-state index contributed by atoms with van der Waals surface area (Å²) in [6.07, 6.45) is 4.40. The van der Waals surface area contributed by atoms with E-state index in [9.17, 15) is 23.5 Å². The minimum absolute atomic E-state index is 0.215. The number of nitrogens with zero attached hydrogens (tertiary/aromatic N) is 1. The molecule has 2 unspecified atom stereocenters. The van der Waals surface area contributed by atoms with Gasteiger partial charge in [-0.25, -0.2) is 13.8 Å². The first-order valence-electron chi connectivity index (χ1n) is 9.42. The van der Waals surface area contributed by atoms with Crippen molar-refractivity contribution in [2.75, 3.05) is 0 Å². The quantitative estimate of drug-likeness (QED) is 0.723. The Bertz CT molecular complexity index is 965. The van der Waals surface area contributed by atoms with Gasteiger partial charge in [0.05, 0.1) is 5.92 Å². The van der Waals surface area contributed by atoms with Gasteiger partial charge in [0.2, 0.25) is 5.91 Å². The SMILES string of the molecule is Cc1csc(C2=C3CCC(F)(F)C=C3SC2NC(=O)C2=CCCCC2C(=O)O)n1. The number of carboxylic acids is 1. The number of aromatic nitrogens is 1. The van der Waals surface area contributed by atoms with Gasteiger partial charge in [0.25, 0.3) is 5.92 Å². The van der Waals surface area contributed by atoms with E-state index in [1.54, 1.807) is 6.08 Å². The number of hydrogen-bond acceptors (Lipinski definition) is 5. The molecule has 1 amide bonds. The Morgan fingerprint density at radius 3 is 2.86 bits per heavy atom. The lowest BCUT2D eigenvalue weighted by Gasteiger charge is -2.22. The number of aliphatic carboxylic acids is 1. The highest BCUT2D eigenvalue weighted by atomic mass is 32.2. The van der Waals surface area contributed by atoms with E-state index in [0.717, 1.165) is 29.3 Å². The van der Waals surface area contributed by atoms with E-state index in [-0.39, 0.29) is 18.4 Å². The molecule has 2 aliphatic carbocycles. The van der Waals surface area contributed by atoms with E-state index in [1.165, 1.54) is 23.1 Å². The fraction of sp³-hybridized carbons (Fsp3) is 0.450. The summed E-state index contributed by atoms with van der Waals surface area (Å²) in [5, 5.41) is 14.4. The van der Waals surface area contributed by atoms with Crippen LogP contribution in [0.25, 0.3) is 5.57 Å². The van der Waals surface area contributed by atoms with Crippen molar-refractivity contribution in [3.05, 3.63) is 44.3 Å². The fourth-order valence-corrected chi connectivity index (χ4v) is 6.25. The Kier molecular flexibility index (Phi) is 5.37. The molecule has 1 aromatic heterocycles. The number of halogens is 2. The molecule has 1 aliphatic heterocycles. The molecule has 0 fully saturated rings. The van der Waals surface area contributed by atoms with Crippen molar-refractivity contribution < 1.29 is 23.5 Å². The first-order chi connectivity index (χ1) is 13.7. The summed E-state index contributed by atoms with van der Waals surface area (Å²) in [5.41, 5.74) is 2.63. The Hall–Kier alpha value is -2.00. The van der Waals surface area contributed by atoms with Crippen LogP contribution < -0.4 is 5.32 Å². The molecule has 29 heavy (non-hydrogen) atoms. The topological polar surface area (TPSA) is 79.3 Å². The monoisotopic (exact) mass is 438 g/mol. The van der Waals surface area contributed by atoms with Gasteiger partial charge in [-0.05, 0) is 44.3 Å². The second kappa shape index (κ2) is 7.68. The molecule has 0 saturated carbocycles. The predicted octanol–water partition coefficient (Wildman–Crippen LogP) is 4.52. The van der Waals surface area contributed by atoms with Crippen molar-refractivity contribution in [1.29, 1.82) is 0 Å². The number of carboxylic acid groups (broad SMARTS) is 1. The van der Waals surface area contributed by atoms with Gasteiger partial charge in [0, 0.05) is 33.5 Å². The number of thiazole rings is 1. The third-order valence-electron chi connectivity index (χ3n) is 5.29. The van der Waals surface area contributed by atoms with Crippen molar-refractivity contribution in [2.45, 2.75) is 50.3 Å². The van der Waals surface area contributed by atoms with E-state index in [0.29, 0.717) is 22.8 Å². The second-order valence-corrected chi connectivity index (χ2v) is 9.41. The third kappa shape index (κ3) is 4.02. The van der Waals surface area contributed by atoms with Crippen molar-refractivity contribution in [3.8, 4) is 0 Å². The Balaban J connectivity index is 1.66. The second-order valence-electron chi connectivity index (χ2n) is 7.41. The maximum absolute atomic E-state index is 13.9. The van der Waals surface area contributed by atoms with E-state index in [2.05, 4.69) is 10.3 Å². The van der Waals surface area contributed by atoms with E-state index in [4.69, 9.17) is 0 Å². The van der Waals surface area contributed by atoms with Crippen molar-refractivity contribution in [3.63, 3.8) is 0 Å². The lowest BCUT2D eigenvalue weighted by Crippen LogP contribution is -2.37. The number of nitrogens with one attached hydrogen (secondary N) is 1. The molecule has 0 spiro atoms. The predicted molar refractivity (Wildman–Crippen MR) is 109 cm³/mol. The lowest BCUT2D eigenvalue weighted by molar-refractivity contribution is -0.141. The highest BCUT2D eigenvalue weighted by Crippen LogP contribution is 2.52. The Labute approximate surface area is 175 Å². The number of carbonyl (C=O) groups is 2. The molecule has 0 saturated heterocycles. The maximum Gasteiger partial charge on any atom is 0.311 e. The molecule has 0 radical (unpaired) electrons. The summed E-state index contributed by atoms with van der Waals surface area (Å²) in [7, 11) is 0. The molecule has 2 heterocycles. The number of fused-ring (bicyclic) bond motifs is 1. The van der Waals surface area contributed by atoms with E-state index >= 15 is 0 Å². The van der Waals surface area contributed by atoms with Crippen LogP contribution in [0.1, 0.15) is 42.8 Å². The molecule has 2 atom stereocenters. The first-order valence-corrected chi connectivity index (χ1v) is 11.2. The summed E-state index contributed by atoms with van der Waals surface area (Å²) in [4.78, 5) is 29.4. The molecule has 3 aliphatic rings. The van der Waals surface area contributed by atoms with Crippen molar-refractivity contribution in [1.82, 2.24) is 10.3 Å². The fourth-order valence-electron chi connectivity index (χ4n) is 3.89. The Morgan fingerprint density at radius 1 is 1.38 bits per heavy atom. The van der Waals surface area contributed by atoms with E-state index < -0.39 is 29.1 Å². The van der Waals surface area contributed by atoms with Gasteiger partial charge in [-0.3, -0.25) is 9.59 Å². The largest absolute Gasteiger partial charge is 0.481 e. The van der Waals surface area contributed by atoms with Crippen LogP contribution in [0.5, 0.6) is 0 Å². The molecule has 5 nitrogen and oxygen atoms in total. The zero-order valence-corrected chi connectivity index (χ0v) is 17.3. The number of thioether (sulfide) groups is 1. The number of alkyl halides is 2. The zero-order valence-electron chi connectivity index (χ0n) is 15.7. The van der Waals surface area contributed by atoms with Crippen LogP contribution in [0.3, 0.4) is 0 Å². The number of allylic oxidation sites excluding steroid dienone is 3. The summed E-state index contributed by atoms with van der Waals surface area (Å²) in [5.74, 6) is -5.17. The number of hydrogen-bond donors (Lipinski definition) is 2. The summed E-state index contributed by atoms with van der Waals surface area (Å²) >= 11 is 2.60. The van der Waals surface area contributed by atoms with Crippen LogP contribution in [0.15, 0.2) is 33.6 Å². The smallest absolute Gasteiger partial charge is 0.311 e. The molecule has 4 rings (SSSR count). The summed E-state index contributed by atoms with van der Waals surface area (Å²) < 4.78 is 27.8. The normalized spacial score (nSPS) is 25.9. The maximum atomic E-state index is 13.9. The summed E-state index contributed by atoms with van der Waals surface area (Å²) in [6.45, 7) is 1.86. The number of aryl methyl sites for hydroxylation is 1. The molecule has 0 aromatic carbocycles. The Morgan fingerprint density at radius 2 is 2.17 bits per heavy atom. The van der Waals surface area contributed by atoms with Gasteiger partial charge in [-0.15, -0.1) is 11.3 Å². The van der Waals surface area contributed by atoms with Crippen LogP contribution in [0, 0.1) is 12.8 Å². The van der Waals surface area contributed by atoms with Crippen LogP contribution in [0.2, 0.25) is 0 Å². The molecule has 9 heteroatoms. The van der Waals surface area contributed by atoms with Crippen molar-refractivity contribution >= 4 is 40.5 Å². The van der Waals surface area contributed by atoms with Gasteiger partial charge < -0.3 is 10.4 Å². The van der Waals surface area contributed by atoms with E-state index in [1.807, 2.05) is 12.3 Å². The van der Waals surface area contributed by atoms with Gasteiger partial charge in [-0.1, -0.05) is 17.8 Å². The van der Waals surface area contributed by atoms with Crippen LogP contribution in [0.4, 0.5) is 8.78 Å². The first kappa shape index (κ1) is 20.3. The average molecular weight is 439 g/mol. The minimum atomic E-state index is -2.87. The number of carbonyl (C=O) groups excluding carboxylic acids is 1. The van der Waals surface area contributed by atoms with Crippen LogP contribution in [-0.4, -0.2) is 33.3 Å². The molecular weight excluding hydrogens is 418 g/mol. The molecule has 2 N–H and O–H groups in total. The summed E-state index contributed by atoms with van der Waals surface area (Å²) in [6, 6.07) is 0. The molecule has 0 bridgehead atoms. The third-order valence-corrected chi connectivity index (χ3v) is 7.49. The number of amides is 1. The highest BCUT2D eigenvalue weighted by Gasteiger charge is 2.41. The zero-order chi connectivity index (χ0) is 20.8. The molecular formula is C20H20F2N2O3S2. The highest BCUT2D eigenvalue weighted by molar-refractivity contribution is 8.04. The molecule has 154 valence electrons. The van der Waals surface area contributed by atoms with Crippen molar-refractivity contribution in [2.24, 2.45) is 5.92 Å². The lowest BCUT2D eigenvalue weighted by atomic mass is 9.87. The van der Waals surface area contributed by atoms with Gasteiger partial charge >= 0.3 is 5.97 Å². The standard InChI is InChI=1S/C20H20F2N2O3S2/c1-10-9-28-17(23-10)15-13-6-7-20(21,22)8-14(13)29-18(15)24-16(25)11-4-2-3-5-12(11)19(26)27/h4,8-9,12,18H,2-3,5-7H2,1H3,(H,24,25)(H,26,27). The van der Waals surface area contributed by atoms with Gasteiger partial charge in [0.15, 0.2) is 0 Å². The number of rotatable bonds is 4. The van der Waals surface area contributed by atoms with Gasteiger partial charge in [0.1, 0.15) is 10.4 Å². The molecule has 1 aromatic rings. The van der Waals surface area contributed by atoms with Crippen LogP contribution >= 0.6 is 23.1 Å². The van der Waals surface area contributed by atoms with Crippen LogP contribution in [-0.2, 0) is 9.59 Å².